The van der Waals surface area contributed by atoms with Crippen LogP contribution >= 0.6 is 0 Å². The maximum absolute atomic E-state index is 13.6. The van der Waals surface area contributed by atoms with Gasteiger partial charge in [-0.15, -0.1) is 0 Å². The maximum atomic E-state index is 13.6. The van der Waals surface area contributed by atoms with Crippen LogP contribution in [0.4, 0.5) is 4.39 Å². The van der Waals surface area contributed by atoms with Crippen molar-refractivity contribution in [2.75, 3.05) is 6.54 Å². The summed E-state index contributed by atoms with van der Waals surface area (Å²) in [6.45, 7) is 0.380. The molecule has 6 heteroatoms. The van der Waals surface area contributed by atoms with Crippen LogP contribution in [-0.2, 0) is 4.79 Å². The number of amides is 1. The minimum Gasteiger partial charge on any atom is -0.507 e. The first-order valence-electron chi connectivity index (χ1n) is 6.01. The molecule has 0 spiro atoms. The molecule has 0 aliphatic carbocycles. The molecule has 0 bridgehead atoms. The van der Waals surface area contributed by atoms with Crippen molar-refractivity contribution in [1.82, 2.24) is 4.90 Å². The predicted molar refractivity (Wildman–Crippen MR) is 64.4 cm³/mol. The van der Waals surface area contributed by atoms with Gasteiger partial charge in [0.1, 0.15) is 17.1 Å². The molecule has 1 amide bonds. The third-order valence-corrected chi connectivity index (χ3v) is 3.25. The molecule has 1 saturated heterocycles. The van der Waals surface area contributed by atoms with E-state index < -0.39 is 29.5 Å². The first kappa shape index (κ1) is 13.3. The summed E-state index contributed by atoms with van der Waals surface area (Å²) < 4.78 is 13.6. The summed E-state index contributed by atoms with van der Waals surface area (Å²) in [5.41, 5.74) is -0.389. The number of hydrogen-bond donors (Lipinski definition) is 2. The van der Waals surface area contributed by atoms with Crippen molar-refractivity contribution in [3.63, 3.8) is 0 Å². The molecule has 1 unspecified atom stereocenters. The van der Waals surface area contributed by atoms with E-state index in [0.717, 1.165) is 6.07 Å². The second-order valence-electron chi connectivity index (χ2n) is 4.53. The summed E-state index contributed by atoms with van der Waals surface area (Å²) in [4.78, 5) is 24.3. The number of carbonyl (C=O) groups excluding carboxylic acids is 1. The highest BCUT2D eigenvalue weighted by molar-refractivity contribution is 5.97. The number of carboxylic acid groups (broad SMARTS) is 1. The summed E-state index contributed by atoms with van der Waals surface area (Å²) in [5, 5.41) is 18.4. The van der Waals surface area contributed by atoms with Gasteiger partial charge in [-0.2, -0.15) is 0 Å². The summed E-state index contributed by atoms with van der Waals surface area (Å²) in [6, 6.07) is 3.19. The average Bonchev–Trinajstić information content (AvgIpc) is 2.75. The molecule has 1 atom stereocenters. The number of carbonyl (C=O) groups is 2. The molecule has 2 N–H and O–H groups in total. The van der Waals surface area contributed by atoms with E-state index in [-0.39, 0.29) is 12.0 Å². The molecule has 102 valence electrons. The standard InChI is InChI=1S/C13H14FNO4/c14-9-4-1-5-10(16)12(9)13(19)15-6-2-3-8(15)7-11(17)18/h1,4-5,8,16H,2-3,6-7H2,(H,17,18). The van der Waals surface area contributed by atoms with Crippen LogP contribution < -0.4 is 0 Å². The molecule has 0 aromatic heterocycles. The van der Waals surface area contributed by atoms with Crippen molar-refractivity contribution in [3.8, 4) is 5.75 Å². The average molecular weight is 267 g/mol. The molecule has 1 aromatic carbocycles. The van der Waals surface area contributed by atoms with Gasteiger partial charge in [0.05, 0.1) is 6.42 Å². The van der Waals surface area contributed by atoms with Crippen molar-refractivity contribution in [2.45, 2.75) is 25.3 Å². The number of phenols is 1. The minimum atomic E-state index is -0.998. The lowest BCUT2D eigenvalue weighted by Crippen LogP contribution is -2.37. The molecule has 2 rings (SSSR count). The lowest BCUT2D eigenvalue weighted by molar-refractivity contribution is -0.137. The minimum absolute atomic E-state index is 0.166. The fourth-order valence-electron chi connectivity index (χ4n) is 2.38. The number of aliphatic carboxylic acids is 1. The lowest BCUT2D eigenvalue weighted by Gasteiger charge is -2.24. The summed E-state index contributed by atoms with van der Waals surface area (Å²) >= 11 is 0. The Kier molecular flexibility index (Phi) is 3.69. The molecule has 1 aliphatic rings. The Morgan fingerprint density at radius 1 is 1.42 bits per heavy atom. The van der Waals surface area contributed by atoms with Gasteiger partial charge in [-0.05, 0) is 25.0 Å². The number of benzene rings is 1. The van der Waals surface area contributed by atoms with E-state index in [1.165, 1.54) is 17.0 Å². The Morgan fingerprint density at radius 2 is 2.16 bits per heavy atom. The van der Waals surface area contributed by atoms with Gasteiger partial charge in [0.15, 0.2) is 0 Å². The molecule has 5 nitrogen and oxygen atoms in total. The van der Waals surface area contributed by atoms with E-state index in [9.17, 15) is 19.1 Å². The van der Waals surface area contributed by atoms with Crippen molar-refractivity contribution < 1.29 is 24.2 Å². The van der Waals surface area contributed by atoms with Crippen LogP contribution in [0.1, 0.15) is 29.6 Å². The summed E-state index contributed by atoms with van der Waals surface area (Å²) in [7, 11) is 0. The zero-order valence-corrected chi connectivity index (χ0v) is 10.2. The van der Waals surface area contributed by atoms with Crippen LogP contribution in [0.3, 0.4) is 0 Å². The monoisotopic (exact) mass is 267 g/mol. The number of likely N-dealkylation sites (tertiary alicyclic amines) is 1. The Bertz CT molecular complexity index is 497. The van der Waals surface area contributed by atoms with Crippen LogP contribution in [0.15, 0.2) is 18.2 Å². The molecule has 1 aromatic rings. The Labute approximate surface area is 109 Å². The van der Waals surface area contributed by atoms with Crippen LogP contribution in [0.25, 0.3) is 0 Å². The zero-order chi connectivity index (χ0) is 14.0. The highest BCUT2D eigenvalue weighted by Crippen LogP contribution is 2.27. The smallest absolute Gasteiger partial charge is 0.305 e. The zero-order valence-electron chi connectivity index (χ0n) is 10.2. The lowest BCUT2D eigenvalue weighted by atomic mass is 10.1. The quantitative estimate of drug-likeness (QED) is 0.872. The molecular weight excluding hydrogens is 253 g/mol. The molecule has 1 fully saturated rings. The first-order chi connectivity index (χ1) is 9.00. The van der Waals surface area contributed by atoms with Gasteiger partial charge in [0.2, 0.25) is 0 Å². The fourth-order valence-corrected chi connectivity index (χ4v) is 2.38. The van der Waals surface area contributed by atoms with Gasteiger partial charge in [0, 0.05) is 12.6 Å². The third-order valence-electron chi connectivity index (χ3n) is 3.25. The van der Waals surface area contributed by atoms with E-state index in [1.54, 1.807) is 0 Å². The number of hydrogen-bond acceptors (Lipinski definition) is 3. The van der Waals surface area contributed by atoms with Gasteiger partial charge in [-0.25, -0.2) is 4.39 Å². The number of phenolic OH excluding ortho intramolecular Hbond substituents is 1. The van der Waals surface area contributed by atoms with Crippen LogP contribution in [0, 0.1) is 5.82 Å². The second-order valence-corrected chi connectivity index (χ2v) is 4.53. The molecule has 1 aliphatic heterocycles. The summed E-state index contributed by atoms with van der Waals surface area (Å²) in [5.74, 6) is -2.88. The van der Waals surface area contributed by atoms with Gasteiger partial charge < -0.3 is 15.1 Å². The van der Waals surface area contributed by atoms with E-state index in [1.807, 2.05) is 0 Å². The number of carboxylic acids is 1. The molecule has 0 radical (unpaired) electrons. The van der Waals surface area contributed by atoms with Crippen molar-refractivity contribution in [1.29, 1.82) is 0 Å². The fraction of sp³-hybridized carbons (Fsp3) is 0.385. The number of aromatic hydroxyl groups is 1. The van der Waals surface area contributed by atoms with E-state index in [4.69, 9.17) is 5.11 Å². The molecule has 1 heterocycles. The van der Waals surface area contributed by atoms with E-state index >= 15 is 0 Å². The second kappa shape index (κ2) is 5.26. The Balaban J connectivity index is 2.26. The highest BCUT2D eigenvalue weighted by atomic mass is 19.1. The highest BCUT2D eigenvalue weighted by Gasteiger charge is 2.33. The van der Waals surface area contributed by atoms with Crippen LogP contribution in [-0.4, -0.2) is 39.6 Å². The summed E-state index contributed by atoms with van der Waals surface area (Å²) in [6.07, 6.45) is 1.09. The Morgan fingerprint density at radius 3 is 2.79 bits per heavy atom. The van der Waals surface area contributed by atoms with Gasteiger partial charge >= 0.3 is 5.97 Å². The topological polar surface area (TPSA) is 77.8 Å². The SMILES string of the molecule is O=C(O)CC1CCCN1C(=O)c1c(O)cccc1F. The van der Waals surface area contributed by atoms with Crippen molar-refractivity contribution in [2.24, 2.45) is 0 Å². The number of halogens is 1. The van der Waals surface area contributed by atoms with Gasteiger partial charge in [0.25, 0.3) is 5.91 Å². The number of nitrogens with zero attached hydrogens (tertiary/aromatic N) is 1. The normalized spacial score (nSPS) is 18.6. The van der Waals surface area contributed by atoms with Crippen molar-refractivity contribution >= 4 is 11.9 Å². The Hall–Kier alpha value is -2.11. The van der Waals surface area contributed by atoms with Gasteiger partial charge in [-0.3, -0.25) is 9.59 Å². The molecule has 19 heavy (non-hydrogen) atoms. The number of rotatable bonds is 3. The van der Waals surface area contributed by atoms with Gasteiger partial charge in [-0.1, -0.05) is 6.07 Å². The third kappa shape index (κ3) is 2.67. The van der Waals surface area contributed by atoms with Crippen LogP contribution in [0.5, 0.6) is 5.75 Å². The van der Waals surface area contributed by atoms with Crippen molar-refractivity contribution in [3.05, 3.63) is 29.6 Å². The predicted octanol–water partition coefficient (Wildman–Crippen LogP) is 1.61. The van der Waals surface area contributed by atoms with E-state index in [0.29, 0.717) is 19.4 Å². The molecule has 0 saturated carbocycles. The van der Waals surface area contributed by atoms with E-state index in [2.05, 4.69) is 0 Å². The first-order valence-corrected chi connectivity index (χ1v) is 6.01. The maximum Gasteiger partial charge on any atom is 0.305 e. The van der Waals surface area contributed by atoms with Crippen LogP contribution in [0.2, 0.25) is 0 Å². The molecular formula is C13H14FNO4. The largest absolute Gasteiger partial charge is 0.507 e.